The van der Waals surface area contributed by atoms with Crippen LogP contribution in [0, 0.1) is 5.92 Å². The number of fused-ring (bicyclic) bond motifs is 5. The Morgan fingerprint density at radius 3 is 2.46 bits per heavy atom. The third-order valence-corrected chi connectivity index (χ3v) is 7.58. The standard InChI is InChI=1S/C30H30N2O3/c1-30(2,3)17-13-14-21-23(15-17)35-24-16-22(31-18-9-5-4-6-10-18)25-26(27(24)32-21)29(34)20-12-8-7-11-19(20)28(25)33/h7-8,11-16,18,26,31H,4-6,9-10H2,1-3H3. The molecule has 6 rings (SSSR count). The Morgan fingerprint density at radius 1 is 0.971 bits per heavy atom. The van der Waals surface area contributed by atoms with Crippen molar-refractivity contribution < 1.29 is 14.3 Å². The van der Waals surface area contributed by atoms with E-state index in [0.29, 0.717) is 45.3 Å². The van der Waals surface area contributed by atoms with Crippen molar-refractivity contribution in [2.24, 2.45) is 10.9 Å². The van der Waals surface area contributed by atoms with Crippen molar-refractivity contribution >= 4 is 23.0 Å². The van der Waals surface area contributed by atoms with Gasteiger partial charge < -0.3 is 10.1 Å². The molecule has 1 heterocycles. The van der Waals surface area contributed by atoms with E-state index in [1.807, 2.05) is 30.3 Å². The molecule has 0 bridgehead atoms. The zero-order chi connectivity index (χ0) is 24.3. The van der Waals surface area contributed by atoms with Gasteiger partial charge in [-0.2, -0.15) is 0 Å². The smallest absolute Gasteiger partial charge is 0.192 e. The molecule has 0 aromatic heterocycles. The lowest BCUT2D eigenvalue weighted by Crippen LogP contribution is -2.43. The fourth-order valence-corrected chi connectivity index (χ4v) is 5.61. The molecule has 0 radical (unpaired) electrons. The van der Waals surface area contributed by atoms with Gasteiger partial charge in [-0.1, -0.05) is 70.4 Å². The topological polar surface area (TPSA) is 67.8 Å². The van der Waals surface area contributed by atoms with Gasteiger partial charge in [-0.25, -0.2) is 4.99 Å². The summed E-state index contributed by atoms with van der Waals surface area (Å²) in [6, 6.07) is 13.4. The summed E-state index contributed by atoms with van der Waals surface area (Å²) in [5, 5.41) is 3.63. The Bertz CT molecular complexity index is 1350. The lowest BCUT2D eigenvalue weighted by Gasteiger charge is -2.36. The van der Waals surface area contributed by atoms with Gasteiger partial charge in [0.25, 0.3) is 0 Å². The number of carbonyl (C=O) groups is 2. The van der Waals surface area contributed by atoms with E-state index in [2.05, 4.69) is 32.2 Å². The minimum Gasteiger partial charge on any atom is -0.453 e. The average Bonchev–Trinajstić information content (AvgIpc) is 2.85. The summed E-state index contributed by atoms with van der Waals surface area (Å²) in [4.78, 5) is 32.5. The van der Waals surface area contributed by atoms with Crippen LogP contribution in [0.4, 0.5) is 5.69 Å². The van der Waals surface area contributed by atoms with Crippen LogP contribution in [0.1, 0.15) is 79.2 Å². The largest absolute Gasteiger partial charge is 0.453 e. The number of ether oxygens (including phenoxy) is 1. The molecule has 1 saturated carbocycles. The zero-order valence-electron chi connectivity index (χ0n) is 20.5. The van der Waals surface area contributed by atoms with Crippen LogP contribution >= 0.6 is 0 Å². The second kappa shape index (κ2) is 8.04. The second-order valence-electron chi connectivity index (χ2n) is 11.0. The van der Waals surface area contributed by atoms with Gasteiger partial charge in [-0.05, 0) is 36.0 Å². The number of nitrogens with zero attached hydrogens (tertiary/aromatic N) is 1. The van der Waals surface area contributed by atoms with Crippen LogP contribution in [-0.2, 0) is 5.41 Å². The number of Topliss-reactive ketones (excluding diaryl/α,β-unsaturated/α-hetero) is 2. The summed E-state index contributed by atoms with van der Waals surface area (Å²) in [5.41, 5.74) is 4.47. The predicted molar refractivity (Wildman–Crippen MR) is 137 cm³/mol. The van der Waals surface area contributed by atoms with Gasteiger partial charge in [0, 0.05) is 34.5 Å². The number of hydrogen-bond donors (Lipinski definition) is 1. The average molecular weight is 467 g/mol. The number of nitrogens with one attached hydrogen (secondary N) is 1. The van der Waals surface area contributed by atoms with E-state index in [4.69, 9.17) is 9.73 Å². The van der Waals surface area contributed by atoms with Crippen molar-refractivity contribution in [3.63, 3.8) is 0 Å². The van der Waals surface area contributed by atoms with Crippen LogP contribution < -0.4 is 10.1 Å². The molecule has 5 heteroatoms. The summed E-state index contributed by atoms with van der Waals surface area (Å²) in [6.07, 6.45) is 7.59. The van der Waals surface area contributed by atoms with Crippen molar-refractivity contribution in [2.75, 3.05) is 0 Å². The van der Waals surface area contributed by atoms with E-state index in [0.717, 1.165) is 18.4 Å². The predicted octanol–water partition coefficient (Wildman–Crippen LogP) is 6.22. The van der Waals surface area contributed by atoms with Gasteiger partial charge in [0.2, 0.25) is 0 Å². The minimum absolute atomic E-state index is 0.0282. The third-order valence-electron chi connectivity index (χ3n) is 7.58. The monoisotopic (exact) mass is 466 g/mol. The first-order valence-corrected chi connectivity index (χ1v) is 12.6. The van der Waals surface area contributed by atoms with Crippen LogP contribution in [-0.4, -0.2) is 23.3 Å². The third kappa shape index (κ3) is 3.65. The molecule has 0 amide bonds. The van der Waals surface area contributed by atoms with Gasteiger partial charge in [0.1, 0.15) is 5.69 Å². The number of aliphatic imine (C=N–C) groups is 1. The van der Waals surface area contributed by atoms with E-state index in [1.54, 1.807) is 12.1 Å². The SMILES string of the molecule is CC(C)(C)c1ccc2c(c1)OC1=CC(NC3CCCCC3)=C3C(=O)c4ccccc4C(=O)C3C1=N2. The summed E-state index contributed by atoms with van der Waals surface area (Å²) >= 11 is 0. The summed E-state index contributed by atoms with van der Waals surface area (Å²) < 4.78 is 6.40. The molecule has 1 unspecified atom stereocenters. The highest BCUT2D eigenvalue weighted by atomic mass is 16.5. The normalized spacial score (nSPS) is 21.7. The van der Waals surface area contributed by atoms with Crippen molar-refractivity contribution in [1.29, 1.82) is 0 Å². The Balaban J connectivity index is 1.50. The number of allylic oxidation sites excluding steroid dienone is 3. The molecule has 0 spiro atoms. The molecule has 1 aliphatic heterocycles. The lowest BCUT2D eigenvalue weighted by atomic mass is 9.72. The molecule has 2 aromatic rings. The number of benzene rings is 2. The van der Waals surface area contributed by atoms with Crippen molar-refractivity contribution in [3.05, 3.63) is 82.3 Å². The maximum Gasteiger partial charge on any atom is 0.192 e. The molecule has 5 nitrogen and oxygen atoms in total. The van der Waals surface area contributed by atoms with E-state index < -0.39 is 5.92 Å². The molecule has 0 saturated heterocycles. The van der Waals surface area contributed by atoms with Gasteiger partial charge in [0.15, 0.2) is 23.1 Å². The number of hydrogen-bond acceptors (Lipinski definition) is 5. The van der Waals surface area contributed by atoms with Crippen LogP contribution in [0.2, 0.25) is 0 Å². The van der Waals surface area contributed by atoms with Crippen molar-refractivity contribution in [2.45, 2.75) is 64.3 Å². The molecular formula is C30H30N2O3. The van der Waals surface area contributed by atoms with Crippen LogP contribution in [0.25, 0.3) is 0 Å². The molecule has 2 aromatic carbocycles. The summed E-state index contributed by atoms with van der Waals surface area (Å²) in [5.74, 6) is 0.272. The highest BCUT2D eigenvalue weighted by molar-refractivity contribution is 6.33. The summed E-state index contributed by atoms with van der Waals surface area (Å²) in [7, 11) is 0. The maximum absolute atomic E-state index is 13.8. The fraction of sp³-hybridized carbons (Fsp3) is 0.367. The van der Waals surface area contributed by atoms with Gasteiger partial charge in [-0.3, -0.25) is 9.59 Å². The molecule has 4 aliphatic rings. The molecule has 1 atom stereocenters. The molecule has 35 heavy (non-hydrogen) atoms. The lowest BCUT2D eigenvalue weighted by molar-refractivity contribution is 0.0907. The summed E-state index contributed by atoms with van der Waals surface area (Å²) in [6.45, 7) is 6.49. The van der Waals surface area contributed by atoms with E-state index in [1.165, 1.54) is 19.3 Å². The van der Waals surface area contributed by atoms with Crippen LogP contribution in [0.15, 0.2) is 70.6 Å². The van der Waals surface area contributed by atoms with Crippen LogP contribution in [0.3, 0.4) is 0 Å². The Hall–Kier alpha value is -3.47. The molecule has 1 fully saturated rings. The van der Waals surface area contributed by atoms with Gasteiger partial charge >= 0.3 is 0 Å². The molecule has 1 N–H and O–H groups in total. The Morgan fingerprint density at radius 2 is 1.71 bits per heavy atom. The Labute approximate surface area is 206 Å². The number of carbonyl (C=O) groups excluding carboxylic acids is 2. The highest BCUT2D eigenvalue weighted by Gasteiger charge is 2.46. The van der Waals surface area contributed by atoms with E-state index >= 15 is 0 Å². The number of ketones is 2. The van der Waals surface area contributed by atoms with Crippen molar-refractivity contribution in [1.82, 2.24) is 5.32 Å². The van der Waals surface area contributed by atoms with Crippen molar-refractivity contribution in [3.8, 4) is 5.75 Å². The quantitative estimate of drug-likeness (QED) is 0.571. The molecular weight excluding hydrogens is 436 g/mol. The first-order chi connectivity index (χ1) is 16.8. The van der Waals surface area contributed by atoms with E-state index in [-0.39, 0.29) is 23.0 Å². The fourth-order valence-electron chi connectivity index (χ4n) is 5.61. The van der Waals surface area contributed by atoms with Crippen LogP contribution in [0.5, 0.6) is 5.75 Å². The van der Waals surface area contributed by atoms with Gasteiger partial charge in [0.05, 0.1) is 11.6 Å². The minimum atomic E-state index is -0.765. The maximum atomic E-state index is 13.8. The van der Waals surface area contributed by atoms with Gasteiger partial charge in [-0.15, -0.1) is 0 Å². The Kier molecular flexibility index (Phi) is 5.06. The first-order valence-electron chi connectivity index (χ1n) is 12.6. The zero-order valence-corrected chi connectivity index (χ0v) is 20.5. The molecule has 3 aliphatic carbocycles. The first kappa shape index (κ1) is 22.0. The second-order valence-corrected chi connectivity index (χ2v) is 11.0. The molecule has 178 valence electrons. The highest BCUT2D eigenvalue weighted by Crippen LogP contribution is 2.44. The van der Waals surface area contributed by atoms with E-state index in [9.17, 15) is 9.59 Å². The number of rotatable bonds is 2.